The Bertz CT molecular complexity index is 483. The van der Waals surface area contributed by atoms with Crippen LogP contribution in [0.25, 0.3) is 0 Å². The van der Waals surface area contributed by atoms with E-state index in [1.807, 2.05) is 48.5 Å². The Morgan fingerprint density at radius 3 is 2.41 bits per heavy atom. The Labute approximate surface area is 115 Å². The van der Waals surface area contributed by atoms with Crippen molar-refractivity contribution in [3.05, 3.63) is 54.1 Å². The van der Waals surface area contributed by atoms with E-state index < -0.39 is 0 Å². The second kappa shape index (κ2) is 5.91. The molecule has 0 aliphatic rings. The Hall–Kier alpha value is -1.23. The minimum Gasteiger partial charge on any atom is -0.493 e. The lowest BCUT2D eigenvalue weighted by Gasteiger charge is -2.11. The molecule has 0 spiro atoms. The van der Waals surface area contributed by atoms with Gasteiger partial charge in [0.25, 0.3) is 0 Å². The maximum absolute atomic E-state index is 5.81. The zero-order valence-corrected chi connectivity index (χ0v) is 11.7. The SMILES string of the molecule is COc1ccc(CI)cc1Oc1ccccc1. The van der Waals surface area contributed by atoms with Gasteiger partial charge in [-0.1, -0.05) is 46.9 Å². The fourth-order valence-electron chi connectivity index (χ4n) is 1.50. The fraction of sp³-hybridized carbons (Fsp3) is 0.143. The van der Waals surface area contributed by atoms with Crippen molar-refractivity contribution in [3.8, 4) is 17.2 Å². The second-order valence-electron chi connectivity index (χ2n) is 3.53. The molecule has 2 aromatic carbocycles. The topological polar surface area (TPSA) is 18.5 Å². The molecule has 0 aromatic heterocycles. The first-order chi connectivity index (χ1) is 8.33. The summed E-state index contributed by atoms with van der Waals surface area (Å²) < 4.78 is 12.1. The van der Waals surface area contributed by atoms with Crippen LogP contribution in [0.1, 0.15) is 5.56 Å². The van der Waals surface area contributed by atoms with Crippen LogP contribution in [0, 0.1) is 0 Å². The van der Waals surface area contributed by atoms with Gasteiger partial charge >= 0.3 is 0 Å². The van der Waals surface area contributed by atoms with Crippen LogP contribution in [0.15, 0.2) is 48.5 Å². The van der Waals surface area contributed by atoms with Crippen molar-refractivity contribution >= 4 is 22.6 Å². The summed E-state index contributed by atoms with van der Waals surface area (Å²) in [7, 11) is 1.65. The first kappa shape index (κ1) is 12.2. The third-order valence-corrected chi connectivity index (χ3v) is 3.23. The average Bonchev–Trinajstić information content (AvgIpc) is 2.40. The highest BCUT2D eigenvalue weighted by Gasteiger charge is 2.06. The summed E-state index contributed by atoms with van der Waals surface area (Å²) in [5.74, 6) is 2.33. The minimum absolute atomic E-state index is 0.752. The molecule has 0 saturated carbocycles. The number of hydrogen-bond acceptors (Lipinski definition) is 2. The van der Waals surface area contributed by atoms with Gasteiger partial charge in [0, 0.05) is 4.43 Å². The van der Waals surface area contributed by atoms with Crippen molar-refractivity contribution in [2.45, 2.75) is 4.43 Å². The predicted molar refractivity (Wildman–Crippen MR) is 77.2 cm³/mol. The smallest absolute Gasteiger partial charge is 0.169 e. The molecular formula is C14H13IO2. The Morgan fingerprint density at radius 2 is 1.76 bits per heavy atom. The van der Waals surface area contributed by atoms with E-state index in [0.29, 0.717) is 0 Å². The van der Waals surface area contributed by atoms with Crippen molar-refractivity contribution < 1.29 is 9.47 Å². The average molecular weight is 340 g/mol. The van der Waals surface area contributed by atoms with E-state index in [4.69, 9.17) is 9.47 Å². The van der Waals surface area contributed by atoms with Crippen molar-refractivity contribution in [1.29, 1.82) is 0 Å². The van der Waals surface area contributed by atoms with E-state index in [9.17, 15) is 0 Å². The molecule has 0 unspecified atom stereocenters. The summed E-state index contributed by atoms with van der Waals surface area (Å²) in [5, 5.41) is 0. The van der Waals surface area contributed by atoms with Gasteiger partial charge in [-0.2, -0.15) is 0 Å². The molecule has 0 heterocycles. The first-order valence-corrected chi connectivity index (χ1v) is 6.82. The van der Waals surface area contributed by atoms with Gasteiger partial charge in [-0.05, 0) is 29.8 Å². The van der Waals surface area contributed by atoms with Gasteiger partial charge in [0.15, 0.2) is 11.5 Å². The number of benzene rings is 2. The van der Waals surface area contributed by atoms with Crippen molar-refractivity contribution in [3.63, 3.8) is 0 Å². The largest absolute Gasteiger partial charge is 0.493 e. The van der Waals surface area contributed by atoms with Crippen LogP contribution < -0.4 is 9.47 Å². The molecule has 0 aliphatic carbocycles. The predicted octanol–water partition coefficient (Wildman–Crippen LogP) is 4.42. The molecule has 0 saturated heterocycles. The first-order valence-electron chi connectivity index (χ1n) is 5.29. The minimum atomic E-state index is 0.752. The van der Waals surface area contributed by atoms with E-state index in [-0.39, 0.29) is 0 Å². The van der Waals surface area contributed by atoms with Gasteiger partial charge in [-0.3, -0.25) is 0 Å². The van der Waals surface area contributed by atoms with Crippen molar-refractivity contribution in [2.24, 2.45) is 0 Å². The van der Waals surface area contributed by atoms with E-state index >= 15 is 0 Å². The molecule has 0 N–H and O–H groups in total. The van der Waals surface area contributed by atoms with Gasteiger partial charge in [0.2, 0.25) is 0 Å². The molecule has 0 aliphatic heterocycles. The van der Waals surface area contributed by atoms with Gasteiger partial charge < -0.3 is 9.47 Å². The lowest BCUT2D eigenvalue weighted by atomic mass is 10.2. The summed E-state index contributed by atoms with van der Waals surface area (Å²) in [6.07, 6.45) is 0. The summed E-state index contributed by atoms with van der Waals surface area (Å²) in [5.41, 5.74) is 1.22. The fourth-order valence-corrected chi connectivity index (χ4v) is 1.97. The number of hydrogen-bond donors (Lipinski definition) is 0. The van der Waals surface area contributed by atoms with E-state index in [1.165, 1.54) is 5.56 Å². The van der Waals surface area contributed by atoms with Crippen LogP contribution in [0.2, 0.25) is 0 Å². The number of alkyl halides is 1. The molecule has 0 radical (unpaired) electrons. The second-order valence-corrected chi connectivity index (χ2v) is 4.30. The number of methoxy groups -OCH3 is 1. The highest BCUT2D eigenvalue weighted by Crippen LogP contribution is 2.32. The van der Waals surface area contributed by atoms with Crippen molar-refractivity contribution in [2.75, 3.05) is 7.11 Å². The highest BCUT2D eigenvalue weighted by molar-refractivity contribution is 14.1. The molecule has 0 atom stereocenters. The molecule has 0 fully saturated rings. The lowest BCUT2D eigenvalue weighted by molar-refractivity contribution is 0.378. The number of rotatable bonds is 4. The molecule has 17 heavy (non-hydrogen) atoms. The molecule has 3 heteroatoms. The van der Waals surface area contributed by atoms with Crippen molar-refractivity contribution in [1.82, 2.24) is 0 Å². The van der Waals surface area contributed by atoms with E-state index in [2.05, 4.69) is 22.6 Å². The molecule has 0 bridgehead atoms. The molecule has 0 amide bonds. The quantitative estimate of drug-likeness (QED) is 0.606. The number of halogens is 1. The van der Waals surface area contributed by atoms with Crippen LogP contribution in [0.5, 0.6) is 17.2 Å². The van der Waals surface area contributed by atoms with Crippen LogP contribution in [-0.4, -0.2) is 7.11 Å². The monoisotopic (exact) mass is 340 g/mol. The van der Waals surface area contributed by atoms with Gasteiger partial charge in [0.05, 0.1) is 7.11 Å². The van der Waals surface area contributed by atoms with Crippen LogP contribution in [-0.2, 0) is 4.43 Å². The molecule has 2 aromatic rings. The summed E-state index contributed by atoms with van der Waals surface area (Å²) in [6, 6.07) is 15.7. The van der Waals surface area contributed by atoms with Crippen LogP contribution in [0.3, 0.4) is 0 Å². The van der Waals surface area contributed by atoms with Gasteiger partial charge in [-0.25, -0.2) is 0 Å². The lowest BCUT2D eigenvalue weighted by Crippen LogP contribution is -1.91. The Morgan fingerprint density at radius 1 is 1.00 bits per heavy atom. The van der Waals surface area contributed by atoms with E-state index in [1.54, 1.807) is 7.11 Å². The standard InChI is InChI=1S/C14H13IO2/c1-16-13-8-7-11(10-15)9-14(13)17-12-5-3-2-4-6-12/h2-9H,10H2,1H3. The number of para-hydroxylation sites is 1. The molecule has 2 rings (SSSR count). The molecular weight excluding hydrogens is 327 g/mol. The third-order valence-electron chi connectivity index (χ3n) is 2.35. The highest BCUT2D eigenvalue weighted by atomic mass is 127. The molecule has 2 nitrogen and oxygen atoms in total. The van der Waals surface area contributed by atoms with Crippen LogP contribution >= 0.6 is 22.6 Å². The van der Waals surface area contributed by atoms with E-state index in [0.717, 1.165) is 21.7 Å². The molecule has 88 valence electrons. The normalized spacial score (nSPS) is 10.0. The maximum Gasteiger partial charge on any atom is 0.169 e. The zero-order valence-electron chi connectivity index (χ0n) is 9.52. The summed E-state index contributed by atoms with van der Waals surface area (Å²) >= 11 is 2.33. The van der Waals surface area contributed by atoms with Crippen LogP contribution in [0.4, 0.5) is 0 Å². The zero-order chi connectivity index (χ0) is 12.1. The summed E-state index contributed by atoms with van der Waals surface area (Å²) in [4.78, 5) is 0. The Balaban J connectivity index is 2.30. The number of ether oxygens (including phenoxy) is 2. The summed E-state index contributed by atoms with van der Waals surface area (Å²) in [6.45, 7) is 0. The van der Waals surface area contributed by atoms with Gasteiger partial charge in [0.1, 0.15) is 5.75 Å². The third kappa shape index (κ3) is 3.12. The maximum atomic E-state index is 5.81. The van der Waals surface area contributed by atoms with Gasteiger partial charge in [-0.15, -0.1) is 0 Å². The Kier molecular flexibility index (Phi) is 4.25.